The number of para-hydroxylation sites is 1. The number of amides is 1. The van der Waals surface area contributed by atoms with Crippen LogP contribution in [-0.4, -0.2) is 40.3 Å². The molecular formula is C20H20N4O4. The highest BCUT2D eigenvalue weighted by Crippen LogP contribution is 2.20. The summed E-state index contributed by atoms with van der Waals surface area (Å²) < 4.78 is 16.6. The molecule has 1 aliphatic rings. The van der Waals surface area contributed by atoms with Crippen LogP contribution in [0.25, 0.3) is 11.4 Å². The van der Waals surface area contributed by atoms with Crippen LogP contribution in [0.4, 0.5) is 0 Å². The molecule has 1 fully saturated rings. The van der Waals surface area contributed by atoms with E-state index in [9.17, 15) is 4.79 Å². The van der Waals surface area contributed by atoms with E-state index in [1.807, 2.05) is 6.07 Å². The van der Waals surface area contributed by atoms with E-state index in [4.69, 9.17) is 14.0 Å². The number of aromatic nitrogens is 3. The van der Waals surface area contributed by atoms with Crippen LogP contribution < -0.4 is 10.1 Å². The lowest BCUT2D eigenvalue weighted by molar-refractivity contribution is 0.0670. The molecular weight excluding hydrogens is 360 g/mol. The molecule has 2 aromatic heterocycles. The van der Waals surface area contributed by atoms with Gasteiger partial charge in [-0.3, -0.25) is 9.78 Å². The van der Waals surface area contributed by atoms with Gasteiger partial charge in [-0.05, 0) is 37.1 Å². The Bertz CT molecular complexity index is 923. The van der Waals surface area contributed by atoms with Gasteiger partial charge in [-0.2, -0.15) is 4.98 Å². The Kier molecular flexibility index (Phi) is 5.58. The molecule has 1 atom stereocenters. The number of hydrogen-bond donors (Lipinski definition) is 1. The van der Waals surface area contributed by atoms with Gasteiger partial charge in [0.15, 0.2) is 0 Å². The SMILES string of the molecule is O=C(NCc1nc(-c2ccncc2)no1)c1ccccc1OCC1CCCO1. The third-order valence-electron chi connectivity index (χ3n) is 4.39. The fraction of sp³-hybridized carbons (Fsp3) is 0.300. The van der Waals surface area contributed by atoms with Crippen LogP contribution in [0.2, 0.25) is 0 Å². The lowest BCUT2D eigenvalue weighted by Crippen LogP contribution is -2.24. The third-order valence-corrected chi connectivity index (χ3v) is 4.39. The molecule has 3 heterocycles. The number of benzene rings is 1. The summed E-state index contributed by atoms with van der Waals surface area (Å²) in [6.07, 6.45) is 5.41. The molecule has 1 N–H and O–H groups in total. The Labute approximate surface area is 161 Å². The molecule has 1 aromatic carbocycles. The minimum absolute atomic E-state index is 0.0844. The molecule has 0 aliphatic carbocycles. The summed E-state index contributed by atoms with van der Waals surface area (Å²) in [7, 11) is 0. The van der Waals surface area contributed by atoms with Gasteiger partial charge in [0.25, 0.3) is 5.91 Å². The first-order valence-corrected chi connectivity index (χ1v) is 9.14. The van der Waals surface area contributed by atoms with Crippen molar-refractivity contribution in [2.75, 3.05) is 13.2 Å². The molecule has 8 nitrogen and oxygen atoms in total. The van der Waals surface area contributed by atoms with E-state index in [1.165, 1.54) is 0 Å². The standard InChI is InChI=1S/C20H20N4O4/c25-20(16-5-1-2-6-17(16)27-13-15-4-3-11-26-15)22-12-18-23-19(24-28-18)14-7-9-21-10-8-14/h1-2,5-10,15H,3-4,11-13H2,(H,22,25). The number of nitrogens with zero attached hydrogens (tertiary/aromatic N) is 3. The molecule has 1 amide bonds. The number of nitrogens with one attached hydrogen (secondary N) is 1. The van der Waals surface area contributed by atoms with Crippen molar-refractivity contribution in [2.45, 2.75) is 25.5 Å². The van der Waals surface area contributed by atoms with Crippen LogP contribution >= 0.6 is 0 Å². The average Bonchev–Trinajstić information content (AvgIpc) is 3.43. The number of rotatable bonds is 7. The van der Waals surface area contributed by atoms with Gasteiger partial charge < -0.3 is 19.3 Å². The first-order chi connectivity index (χ1) is 13.8. The first kappa shape index (κ1) is 18.1. The summed E-state index contributed by atoms with van der Waals surface area (Å²) >= 11 is 0. The Morgan fingerprint density at radius 3 is 2.89 bits per heavy atom. The van der Waals surface area contributed by atoms with Crippen LogP contribution in [0, 0.1) is 0 Å². The second-order valence-electron chi connectivity index (χ2n) is 6.37. The quantitative estimate of drug-likeness (QED) is 0.672. The van der Waals surface area contributed by atoms with Gasteiger partial charge in [0.05, 0.1) is 18.2 Å². The summed E-state index contributed by atoms with van der Waals surface area (Å²) in [5.74, 6) is 1.02. The molecule has 3 aromatic rings. The number of carbonyl (C=O) groups is 1. The number of hydrogen-bond acceptors (Lipinski definition) is 7. The first-order valence-electron chi connectivity index (χ1n) is 9.14. The zero-order chi connectivity index (χ0) is 19.2. The lowest BCUT2D eigenvalue weighted by Gasteiger charge is -2.14. The summed E-state index contributed by atoms with van der Waals surface area (Å²) in [6, 6.07) is 10.7. The van der Waals surface area contributed by atoms with Gasteiger partial charge in [0.1, 0.15) is 12.4 Å². The summed E-state index contributed by atoms with van der Waals surface area (Å²) in [5.41, 5.74) is 1.25. The van der Waals surface area contributed by atoms with Crippen molar-refractivity contribution in [3.63, 3.8) is 0 Å². The fourth-order valence-electron chi connectivity index (χ4n) is 2.93. The van der Waals surface area contributed by atoms with Crippen molar-refractivity contribution in [1.82, 2.24) is 20.4 Å². The van der Waals surface area contributed by atoms with Gasteiger partial charge in [-0.25, -0.2) is 0 Å². The molecule has 1 aliphatic heterocycles. The Balaban J connectivity index is 1.37. The number of pyridine rings is 1. The van der Waals surface area contributed by atoms with Gasteiger partial charge in [0.2, 0.25) is 11.7 Å². The highest BCUT2D eigenvalue weighted by atomic mass is 16.5. The molecule has 8 heteroatoms. The highest BCUT2D eigenvalue weighted by Gasteiger charge is 2.18. The van der Waals surface area contributed by atoms with E-state index in [2.05, 4.69) is 20.4 Å². The maximum absolute atomic E-state index is 12.6. The van der Waals surface area contributed by atoms with Crippen molar-refractivity contribution < 1.29 is 18.8 Å². The second-order valence-corrected chi connectivity index (χ2v) is 6.37. The number of ether oxygens (including phenoxy) is 2. The largest absolute Gasteiger partial charge is 0.490 e. The minimum Gasteiger partial charge on any atom is -0.490 e. The van der Waals surface area contributed by atoms with Crippen molar-refractivity contribution in [2.24, 2.45) is 0 Å². The maximum atomic E-state index is 12.6. The molecule has 1 saturated heterocycles. The fourth-order valence-corrected chi connectivity index (χ4v) is 2.93. The average molecular weight is 380 g/mol. The summed E-state index contributed by atoms with van der Waals surface area (Å²) in [4.78, 5) is 20.8. The van der Waals surface area contributed by atoms with Crippen molar-refractivity contribution >= 4 is 5.91 Å². The van der Waals surface area contributed by atoms with Crippen molar-refractivity contribution in [3.8, 4) is 17.1 Å². The molecule has 4 rings (SSSR count). The highest BCUT2D eigenvalue weighted by molar-refractivity contribution is 5.96. The van der Waals surface area contributed by atoms with Crippen molar-refractivity contribution in [3.05, 3.63) is 60.2 Å². The molecule has 144 valence electrons. The Morgan fingerprint density at radius 1 is 1.21 bits per heavy atom. The third kappa shape index (κ3) is 4.34. The van der Waals surface area contributed by atoms with Crippen LogP contribution in [0.3, 0.4) is 0 Å². The van der Waals surface area contributed by atoms with Gasteiger partial charge in [-0.15, -0.1) is 0 Å². The normalized spacial score (nSPS) is 16.1. The molecule has 28 heavy (non-hydrogen) atoms. The predicted molar refractivity (Wildman–Crippen MR) is 99.6 cm³/mol. The Morgan fingerprint density at radius 2 is 2.07 bits per heavy atom. The van der Waals surface area contributed by atoms with E-state index in [0.29, 0.717) is 29.6 Å². The molecule has 1 unspecified atom stereocenters. The van der Waals surface area contributed by atoms with E-state index in [0.717, 1.165) is 25.0 Å². The smallest absolute Gasteiger partial charge is 0.255 e. The lowest BCUT2D eigenvalue weighted by atomic mass is 10.2. The maximum Gasteiger partial charge on any atom is 0.255 e. The van der Waals surface area contributed by atoms with Crippen molar-refractivity contribution in [1.29, 1.82) is 0 Å². The summed E-state index contributed by atoms with van der Waals surface area (Å²) in [5, 5.41) is 6.71. The van der Waals surface area contributed by atoms with Crippen LogP contribution in [0.1, 0.15) is 29.1 Å². The van der Waals surface area contributed by atoms with Gasteiger partial charge in [0, 0.05) is 24.6 Å². The van der Waals surface area contributed by atoms with E-state index < -0.39 is 0 Å². The van der Waals surface area contributed by atoms with Gasteiger partial charge >= 0.3 is 0 Å². The second kappa shape index (κ2) is 8.62. The molecule has 0 saturated carbocycles. The van der Waals surface area contributed by atoms with E-state index in [-0.39, 0.29) is 18.6 Å². The molecule has 0 spiro atoms. The topological polar surface area (TPSA) is 99.4 Å². The van der Waals surface area contributed by atoms with Crippen LogP contribution in [-0.2, 0) is 11.3 Å². The predicted octanol–water partition coefficient (Wildman–Crippen LogP) is 2.62. The van der Waals surface area contributed by atoms with Gasteiger partial charge in [-0.1, -0.05) is 17.3 Å². The number of carbonyl (C=O) groups excluding carboxylic acids is 1. The Hall–Kier alpha value is -3.26. The molecule has 0 radical (unpaired) electrons. The zero-order valence-corrected chi connectivity index (χ0v) is 15.2. The zero-order valence-electron chi connectivity index (χ0n) is 15.2. The monoisotopic (exact) mass is 380 g/mol. The minimum atomic E-state index is -0.272. The summed E-state index contributed by atoms with van der Waals surface area (Å²) in [6.45, 7) is 1.32. The van der Waals surface area contributed by atoms with E-state index in [1.54, 1.807) is 42.7 Å². The van der Waals surface area contributed by atoms with Crippen LogP contribution in [0.15, 0.2) is 53.3 Å². The van der Waals surface area contributed by atoms with E-state index >= 15 is 0 Å². The molecule has 0 bridgehead atoms. The van der Waals surface area contributed by atoms with Crippen LogP contribution in [0.5, 0.6) is 5.75 Å².